The molecule has 0 atom stereocenters. The molecule has 0 fully saturated rings. The van der Waals surface area contributed by atoms with Crippen LogP contribution in [0.2, 0.25) is 0 Å². The first kappa shape index (κ1) is 22.2. The molecule has 2 rings (SSSR count). The van der Waals surface area contributed by atoms with Crippen LogP contribution in [0, 0.1) is 5.21 Å². The van der Waals surface area contributed by atoms with Gasteiger partial charge in [0.25, 0.3) is 0 Å². The Morgan fingerprint density at radius 2 is 1.76 bits per heavy atom. The van der Waals surface area contributed by atoms with E-state index >= 15 is 0 Å². The minimum absolute atomic E-state index is 0.00866. The molecule has 0 saturated carbocycles. The highest BCUT2D eigenvalue weighted by atomic mass is 16.6. The second-order valence-electron chi connectivity index (χ2n) is 5.83. The molecular formula is C17H25N5O7. The Hall–Kier alpha value is -3.12. The van der Waals surface area contributed by atoms with Gasteiger partial charge in [-0.25, -0.2) is 19.6 Å². The first-order chi connectivity index (χ1) is 14.0. The molecule has 0 aromatic carbocycles. The van der Waals surface area contributed by atoms with E-state index in [0.29, 0.717) is 18.9 Å². The third kappa shape index (κ3) is 7.08. The standard InChI is InChI=1S/C17H25N5O7/c1-26-8-10-28-16(23)19-14-12-13(21-6-4-3-5-7-21)18-15(22(14)25)20-17(24)29-11-9-27-2/h3-4,12H,5-11H2,1-2H3,(H,19,23)(H,18,20,24). The third-order valence-electron chi connectivity index (χ3n) is 3.76. The van der Waals surface area contributed by atoms with E-state index in [1.165, 1.54) is 20.3 Å². The molecular weight excluding hydrogens is 386 g/mol. The number of ether oxygens (including phenoxy) is 4. The Labute approximate surface area is 168 Å². The Bertz CT molecular complexity index is 683. The summed E-state index contributed by atoms with van der Waals surface area (Å²) in [5.41, 5.74) is 0. The highest BCUT2D eigenvalue weighted by Gasteiger charge is 2.22. The van der Waals surface area contributed by atoms with Crippen molar-refractivity contribution >= 4 is 29.8 Å². The Balaban J connectivity index is 2.19. The fraction of sp³-hybridized carbons (Fsp3) is 0.529. The summed E-state index contributed by atoms with van der Waals surface area (Å²) in [5.74, 6) is -0.0911. The van der Waals surface area contributed by atoms with Crippen molar-refractivity contribution in [3.8, 4) is 0 Å². The molecule has 2 amide bonds. The van der Waals surface area contributed by atoms with E-state index in [1.807, 2.05) is 17.1 Å². The normalized spacial score (nSPS) is 13.1. The van der Waals surface area contributed by atoms with E-state index in [9.17, 15) is 14.8 Å². The van der Waals surface area contributed by atoms with Crippen LogP contribution in [0.4, 0.5) is 27.2 Å². The summed E-state index contributed by atoms with van der Waals surface area (Å²) in [6.07, 6.45) is 3.09. The van der Waals surface area contributed by atoms with E-state index in [2.05, 4.69) is 15.6 Å². The van der Waals surface area contributed by atoms with Crippen molar-refractivity contribution in [1.82, 2.24) is 4.98 Å². The van der Waals surface area contributed by atoms with Crippen LogP contribution in [0.3, 0.4) is 0 Å². The third-order valence-corrected chi connectivity index (χ3v) is 3.76. The lowest BCUT2D eigenvalue weighted by molar-refractivity contribution is -0.577. The number of hydrogen-bond acceptors (Lipinski definition) is 9. The zero-order valence-electron chi connectivity index (χ0n) is 16.4. The molecule has 2 heterocycles. The first-order valence-electron chi connectivity index (χ1n) is 8.95. The van der Waals surface area contributed by atoms with Gasteiger partial charge in [0.05, 0.1) is 19.3 Å². The summed E-state index contributed by atoms with van der Waals surface area (Å²) in [7, 11) is 2.94. The molecule has 0 aliphatic carbocycles. The van der Waals surface area contributed by atoms with Crippen molar-refractivity contribution in [3.63, 3.8) is 0 Å². The maximum Gasteiger partial charge on any atom is 0.460 e. The van der Waals surface area contributed by atoms with Gasteiger partial charge in [0, 0.05) is 27.3 Å². The minimum atomic E-state index is -0.872. The van der Waals surface area contributed by atoms with Gasteiger partial charge in [0.1, 0.15) is 13.2 Å². The minimum Gasteiger partial charge on any atom is -0.754 e. The van der Waals surface area contributed by atoms with Crippen molar-refractivity contribution in [2.45, 2.75) is 6.42 Å². The van der Waals surface area contributed by atoms with Crippen molar-refractivity contribution in [1.29, 1.82) is 0 Å². The van der Waals surface area contributed by atoms with Crippen molar-refractivity contribution in [3.05, 3.63) is 23.4 Å². The highest BCUT2D eigenvalue weighted by Crippen LogP contribution is 2.19. The van der Waals surface area contributed by atoms with Gasteiger partial charge in [0.2, 0.25) is 5.82 Å². The predicted octanol–water partition coefficient (Wildman–Crippen LogP) is 0.871. The summed E-state index contributed by atoms with van der Waals surface area (Å²) in [4.78, 5) is 29.9. The fourth-order valence-electron chi connectivity index (χ4n) is 2.36. The van der Waals surface area contributed by atoms with E-state index in [0.717, 1.165) is 6.42 Å². The van der Waals surface area contributed by atoms with Crippen molar-refractivity contribution < 1.29 is 33.3 Å². The van der Waals surface area contributed by atoms with Crippen LogP contribution in [-0.4, -0.2) is 70.9 Å². The first-order valence-corrected chi connectivity index (χ1v) is 8.95. The van der Waals surface area contributed by atoms with E-state index in [-0.39, 0.29) is 42.9 Å². The largest absolute Gasteiger partial charge is 0.754 e. The van der Waals surface area contributed by atoms with Crippen LogP contribution >= 0.6 is 0 Å². The number of amides is 2. The summed E-state index contributed by atoms with van der Waals surface area (Å²) in [6, 6.07) is 1.41. The maximum absolute atomic E-state index is 12.6. The summed E-state index contributed by atoms with van der Waals surface area (Å²) in [5, 5.41) is 17.2. The molecule has 0 radical (unpaired) electrons. The zero-order chi connectivity index (χ0) is 21.1. The monoisotopic (exact) mass is 411 g/mol. The SMILES string of the molecule is COCCOC(=O)Nc1cc(N2CC=CCC2)nc(NC(=O)OCCOC)[n+]1[O-]. The average Bonchev–Trinajstić information content (AvgIpc) is 2.72. The van der Waals surface area contributed by atoms with Crippen LogP contribution in [-0.2, 0) is 18.9 Å². The second kappa shape index (κ2) is 11.7. The number of aromatic nitrogens is 2. The van der Waals surface area contributed by atoms with Gasteiger partial charge in [-0.3, -0.25) is 0 Å². The lowest BCUT2D eigenvalue weighted by Crippen LogP contribution is -2.40. The molecule has 12 nitrogen and oxygen atoms in total. The van der Waals surface area contributed by atoms with E-state index in [1.54, 1.807) is 0 Å². The fourth-order valence-corrected chi connectivity index (χ4v) is 2.36. The Morgan fingerprint density at radius 3 is 2.34 bits per heavy atom. The maximum atomic E-state index is 12.6. The number of carbonyl (C=O) groups is 2. The molecule has 0 saturated heterocycles. The van der Waals surface area contributed by atoms with Gasteiger partial charge in [-0.1, -0.05) is 17.1 Å². The number of nitrogens with one attached hydrogen (secondary N) is 2. The van der Waals surface area contributed by atoms with Crippen LogP contribution in [0.1, 0.15) is 6.42 Å². The molecule has 12 heteroatoms. The zero-order valence-corrected chi connectivity index (χ0v) is 16.4. The van der Waals surface area contributed by atoms with E-state index < -0.39 is 12.2 Å². The molecule has 1 aromatic heterocycles. The molecule has 1 aliphatic rings. The quantitative estimate of drug-likeness (QED) is 0.262. The van der Waals surface area contributed by atoms with Crippen molar-refractivity contribution in [2.75, 3.05) is 69.3 Å². The van der Waals surface area contributed by atoms with Gasteiger partial charge in [-0.05, 0) is 6.42 Å². The molecule has 160 valence electrons. The molecule has 0 bridgehead atoms. The van der Waals surface area contributed by atoms with Crippen LogP contribution in [0.5, 0.6) is 0 Å². The lowest BCUT2D eigenvalue weighted by Gasteiger charge is -2.24. The molecule has 0 spiro atoms. The topological polar surface area (TPSA) is 138 Å². The molecule has 1 aromatic rings. The molecule has 1 aliphatic heterocycles. The highest BCUT2D eigenvalue weighted by molar-refractivity contribution is 5.84. The van der Waals surface area contributed by atoms with Gasteiger partial charge < -0.3 is 29.1 Å². The molecule has 29 heavy (non-hydrogen) atoms. The van der Waals surface area contributed by atoms with Gasteiger partial charge in [-0.2, -0.15) is 5.32 Å². The lowest BCUT2D eigenvalue weighted by atomic mass is 10.2. The smallest absolute Gasteiger partial charge is 0.460 e. The Kier molecular flexibility index (Phi) is 8.92. The molecule has 0 unspecified atom stereocenters. The van der Waals surface area contributed by atoms with Crippen LogP contribution in [0.25, 0.3) is 0 Å². The Morgan fingerprint density at radius 1 is 1.10 bits per heavy atom. The van der Waals surface area contributed by atoms with Crippen molar-refractivity contribution in [2.24, 2.45) is 0 Å². The number of carbonyl (C=O) groups excluding carboxylic acids is 2. The van der Waals surface area contributed by atoms with E-state index in [4.69, 9.17) is 18.9 Å². The van der Waals surface area contributed by atoms with Gasteiger partial charge >= 0.3 is 18.1 Å². The number of anilines is 3. The average molecular weight is 411 g/mol. The van der Waals surface area contributed by atoms with Crippen LogP contribution in [0.15, 0.2) is 18.2 Å². The summed E-state index contributed by atoms with van der Waals surface area (Å²) in [6.45, 7) is 1.69. The number of hydrogen-bond donors (Lipinski definition) is 2. The van der Waals surface area contributed by atoms with Gasteiger partial charge in [0.15, 0.2) is 5.82 Å². The van der Waals surface area contributed by atoms with Gasteiger partial charge in [-0.15, -0.1) is 0 Å². The number of rotatable bonds is 9. The summed E-state index contributed by atoms with van der Waals surface area (Å²) >= 11 is 0. The van der Waals surface area contributed by atoms with Crippen LogP contribution < -0.4 is 20.3 Å². The number of methoxy groups -OCH3 is 2. The molecule has 2 N–H and O–H groups in total. The predicted molar refractivity (Wildman–Crippen MR) is 103 cm³/mol. The second-order valence-corrected chi connectivity index (χ2v) is 5.83. The summed E-state index contributed by atoms with van der Waals surface area (Å²) < 4.78 is 19.7. The number of nitrogens with zero attached hydrogens (tertiary/aromatic N) is 3.